The Morgan fingerprint density at radius 1 is 1.18 bits per heavy atom. The summed E-state index contributed by atoms with van der Waals surface area (Å²) in [6, 6.07) is 7.94. The van der Waals surface area contributed by atoms with Crippen molar-refractivity contribution in [2.75, 3.05) is 6.54 Å². The fourth-order valence-corrected chi connectivity index (χ4v) is 2.88. The van der Waals surface area contributed by atoms with E-state index >= 15 is 0 Å². The van der Waals surface area contributed by atoms with Gasteiger partial charge in [-0.3, -0.25) is 0 Å². The van der Waals surface area contributed by atoms with Crippen molar-refractivity contribution < 1.29 is 4.39 Å². The molecule has 0 atom stereocenters. The van der Waals surface area contributed by atoms with Crippen LogP contribution in [0.25, 0.3) is 0 Å². The Hall–Kier alpha value is -0.890. The molecule has 1 fully saturated rings. The van der Waals surface area contributed by atoms with E-state index in [0.717, 1.165) is 5.56 Å². The van der Waals surface area contributed by atoms with Crippen LogP contribution in [-0.4, -0.2) is 6.54 Å². The molecule has 2 rings (SSSR count). The number of halogens is 1. The van der Waals surface area contributed by atoms with E-state index in [1.807, 2.05) is 12.1 Å². The quantitative estimate of drug-likeness (QED) is 0.850. The Labute approximate surface area is 103 Å². The lowest BCUT2D eigenvalue weighted by atomic mass is 9.78. The van der Waals surface area contributed by atoms with Crippen LogP contribution in [0.15, 0.2) is 24.3 Å². The number of benzene rings is 1. The zero-order valence-electron chi connectivity index (χ0n) is 10.8. The summed E-state index contributed by atoms with van der Waals surface area (Å²) in [5.41, 5.74) is 6.87. The fourth-order valence-electron chi connectivity index (χ4n) is 2.88. The van der Waals surface area contributed by atoms with E-state index in [2.05, 4.69) is 12.1 Å². The summed E-state index contributed by atoms with van der Waals surface area (Å²) in [5, 5.41) is 0. The highest BCUT2D eigenvalue weighted by atomic mass is 19.1. The lowest BCUT2D eigenvalue weighted by Gasteiger charge is -2.28. The van der Waals surface area contributed by atoms with Gasteiger partial charge in [-0.2, -0.15) is 0 Å². The third kappa shape index (κ3) is 2.37. The molecule has 1 aromatic rings. The monoisotopic (exact) mass is 235 g/mol. The topological polar surface area (TPSA) is 26.0 Å². The van der Waals surface area contributed by atoms with Crippen LogP contribution in [0.2, 0.25) is 0 Å². The molecule has 0 saturated heterocycles. The molecule has 0 aromatic heterocycles. The lowest BCUT2D eigenvalue weighted by molar-refractivity contribution is 0.221. The SMILES string of the molecule is CC(C)(F)c1ccc(C2(CN)CCCC2)cc1. The number of hydrogen-bond acceptors (Lipinski definition) is 1. The predicted molar refractivity (Wildman–Crippen MR) is 69.8 cm³/mol. The molecule has 0 heterocycles. The molecule has 0 amide bonds. The molecular formula is C15H22FN. The maximum Gasteiger partial charge on any atom is 0.130 e. The molecule has 94 valence electrons. The second-order valence-corrected chi connectivity index (χ2v) is 5.74. The van der Waals surface area contributed by atoms with Crippen LogP contribution in [0.1, 0.15) is 50.7 Å². The molecule has 2 N–H and O–H groups in total. The molecule has 0 spiro atoms. The average molecular weight is 235 g/mol. The van der Waals surface area contributed by atoms with E-state index in [1.165, 1.54) is 31.2 Å². The van der Waals surface area contributed by atoms with Crippen molar-refractivity contribution in [1.29, 1.82) is 0 Å². The first-order chi connectivity index (χ1) is 7.98. The minimum atomic E-state index is -1.26. The number of alkyl halides is 1. The van der Waals surface area contributed by atoms with Crippen molar-refractivity contribution in [1.82, 2.24) is 0 Å². The van der Waals surface area contributed by atoms with E-state index in [9.17, 15) is 4.39 Å². The van der Waals surface area contributed by atoms with Crippen molar-refractivity contribution >= 4 is 0 Å². The second-order valence-electron chi connectivity index (χ2n) is 5.74. The van der Waals surface area contributed by atoms with Gasteiger partial charge in [0.15, 0.2) is 0 Å². The van der Waals surface area contributed by atoms with Gasteiger partial charge in [-0.05, 0) is 37.8 Å². The molecule has 0 unspecified atom stereocenters. The van der Waals surface area contributed by atoms with E-state index in [1.54, 1.807) is 13.8 Å². The van der Waals surface area contributed by atoms with Crippen molar-refractivity contribution in [3.8, 4) is 0 Å². The van der Waals surface area contributed by atoms with Gasteiger partial charge in [-0.25, -0.2) is 4.39 Å². The number of rotatable bonds is 3. The minimum absolute atomic E-state index is 0.152. The Morgan fingerprint density at radius 3 is 2.12 bits per heavy atom. The van der Waals surface area contributed by atoms with Crippen molar-refractivity contribution in [2.45, 2.75) is 50.6 Å². The first kappa shape index (κ1) is 12.6. The Kier molecular flexibility index (Phi) is 3.26. The maximum atomic E-state index is 13.8. The van der Waals surface area contributed by atoms with Crippen LogP contribution in [0.5, 0.6) is 0 Å². The van der Waals surface area contributed by atoms with Crippen LogP contribution in [0.4, 0.5) is 4.39 Å². The summed E-state index contributed by atoms with van der Waals surface area (Å²) in [7, 11) is 0. The second kappa shape index (κ2) is 4.41. The van der Waals surface area contributed by atoms with Crippen molar-refractivity contribution in [2.24, 2.45) is 5.73 Å². The van der Waals surface area contributed by atoms with Gasteiger partial charge in [0.1, 0.15) is 5.67 Å². The summed E-state index contributed by atoms with van der Waals surface area (Å²) in [4.78, 5) is 0. The van der Waals surface area contributed by atoms with Gasteiger partial charge in [0.2, 0.25) is 0 Å². The molecule has 1 aromatic carbocycles. The van der Waals surface area contributed by atoms with E-state index in [-0.39, 0.29) is 5.41 Å². The summed E-state index contributed by atoms with van der Waals surface area (Å²) in [6.07, 6.45) is 4.85. The summed E-state index contributed by atoms with van der Waals surface area (Å²) >= 11 is 0. The van der Waals surface area contributed by atoms with Gasteiger partial charge in [-0.1, -0.05) is 37.1 Å². The highest BCUT2D eigenvalue weighted by Gasteiger charge is 2.34. The largest absolute Gasteiger partial charge is 0.330 e. The molecular weight excluding hydrogens is 213 g/mol. The third-order valence-electron chi connectivity index (χ3n) is 4.14. The molecule has 1 aliphatic carbocycles. The molecule has 1 saturated carbocycles. The van der Waals surface area contributed by atoms with E-state index < -0.39 is 5.67 Å². The first-order valence-corrected chi connectivity index (χ1v) is 6.48. The lowest BCUT2D eigenvalue weighted by Crippen LogP contribution is -2.32. The zero-order valence-corrected chi connectivity index (χ0v) is 10.8. The standard InChI is InChI=1S/C15H22FN/c1-14(2,16)12-5-7-13(8-6-12)15(11-17)9-3-4-10-15/h5-8H,3-4,9-11,17H2,1-2H3. The van der Waals surface area contributed by atoms with Gasteiger partial charge in [0.25, 0.3) is 0 Å². The van der Waals surface area contributed by atoms with Gasteiger partial charge in [0.05, 0.1) is 0 Å². The summed E-state index contributed by atoms with van der Waals surface area (Å²) in [6.45, 7) is 3.89. The zero-order chi connectivity index (χ0) is 12.5. The van der Waals surface area contributed by atoms with Gasteiger partial charge in [0, 0.05) is 12.0 Å². The third-order valence-corrected chi connectivity index (χ3v) is 4.14. The van der Waals surface area contributed by atoms with Crippen LogP contribution in [0.3, 0.4) is 0 Å². The predicted octanol–water partition coefficient (Wildman–Crippen LogP) is 3.66. The molecule has 17 heavy (non-hydrogen) atoms. The van der Waals surface area contributed by atoms with E-state index in [0.29, 0.717) is 6.54 Å². The highest BCUT2D eigenvalue weighted by molar-refractivity contribution is 5.32. The molecule has 0 aliphatic heterocycles. The first-order valence-electron chi connectivity index (χ1n) is 6.48. The van der Waals surface area contributed by atoms with Crippen molar-refractivity contribution in [3.05, 3.63) is 35.4 Å². The fraction of sp³-hybridized carbons (Fsp3) is 0.600. The van der Waals surface area contributed by atoms with Crippen LogP contribution in [-0.2, 0) is 11.1 Å². The van der Waals surface area contributed by atoms with Gasteiger partial charge in [-0.15, -0.1) is 0 Å². The molecule has 2 heteroatoms. The smallest absolute Gasteiger partial charge is 0.130 e. The minimum Gasteiger partial charge on any atom is -0.330 e. The highest BCUT2D eigenvalue weighted by Crippen LogP contribution is 2.40. The molecule has 0 bridgehead atoms. The molecule has 0 radical (unpaired) electrons. The van der Waals surface area contributed by atoms with Crippen LogP contribution >= 0.6 is 0 Å². The van der Waals surface area contributed by atoms with Crippen molar-refractivity contribution in [3.63, 3.8) is 0 Å². The summed E-state index contributed by atoms with van der Waals surface area (Å²) < 4.78 is 13.8. The molecule has 1 nitrogen and oxygen atoms in total. The van der Waals surface area contributed by atoms with Gasteiger partial charge >= 0.3 is 0 Å². The number of hydrogen-bond donors (Lipinski definition) is 1. The Morgan fingerprint density at radius 2 is 1.71 bits per heavy atom. The van der Waals surface area contributed by atoms with Gasteiger partial charge < -0.3 is 5.73 Å². The Bertz CT molecular complexity index is 369. The van der Waals surface area contributed by atoms with Crippen LogP contribution in [0, 0.1) is 0 Å². The summed E-state index contributed by atoms with van der Waals surface area (Å²) in [5.74, 6) is 0. The molecule has 1 aliphatic rings. The average Bonchev–Trinajstić information content (AvgIpc) is 2.78. The maximum absolute atomic E-state index is 13.8. The Balaban J connectivity index is 2.28. The van der Waals surface area contributed by atoms with Crippen LogP contribution < -0.4 is 5.73 Å². The normalized spacial score (nSPS) is 19.5. The number of nitrogens with two attached hydrogens (primary N) is 1. The van der Waals surface area contributed by atoms with E-state index in [4.69, 9.17) is 5.73 Å².